The maximum absolute atomic E-state index is 9.36. The first-order chi connectivity index (χ1) is 6.72. The Hall–Kier alpha value is -1.13. The van der Waals surface area contributed by atoms with Crippen LogP contribution in [0.5, 0.6) is 0 Å². The average Bonchev–Trinajstić information content (AvgIpc) is 2.15. The fourth-order valence-electron chi connectivity index (χ4n) is 1.12. The predicted octanol–water partition coefficient (Wildman–Crippen LogP) is 0.809. The smallest absolute Gasteiger partial charge is 0.126 e. The first kappa shape index (κ1) is 10.9. The van der Waals surface area contributed by atoms with Gasteiger partial charge < -0.3 is 15.2 Å². The summed E-state index contributed by atoms with van der Waals surface area (Å²) in [5, 5.41) is 12.4. The zero-order chi connectivity index (χ0) is 10.4. The van der Waals surface area contributed by atoms with Gasteiger partial charge in [-0.1, -0.05) is 6.07 Å². The van der Waals surface area contributed by atoms with Crippen LogP contribution in [0.4, 0.5) is 5.82 Å². The first-order valence-corrected chi connectivity index (χ1v) is 4.57. The minimum Gasteiger partial charge on any atom is -0.389 e. The number of aliphatic hydroxyl groups is 1. The second-order valence-electron chi connectivity index (χ2n) is 3.15. The molecule has 1 unspecified atom stereocenters. The number of nitrogens with one attached hydrogen (secondary N) is 1. The molecule has 0 fully saturated rings. The van der Waals surface area contributed by atoms with Crippen molar-refractivity contribution in [3.63, 3.8) is 0 Å². The van der Waals surface area contributed by atoms with E-state index in [1.165, 1.54) is 0 Å². The van der Waals surface area contributed by atoms with E-state index in [1.54, 1.807) is 7.11 Å². The van der Waals surface area contributed by atoms with E-state index in [1.807, 2.05) is 25.1 Å². The number of nitrogens with zero attached hydrogens (tertiary/aromatic N) is 1. The molecule has 0 aliphatic rings. The molecule has 14 heavy (non-hydrogen) atoms. The lowest BCUT2D eigenvalue weighted by Crippen LogP contribution is -2.24. The van der Waals surface area contributed by atoms with E-state index in [4.69, 9.17) is 4.74 Å². The quantitative estimate of drug-likeness (QED) is 0.731. The summed E-state index contributed by atoms with van der Waals surface area (Å²) in [4.78, 5) is 4.24. The van der Waals surface area contributed by atoms with Crippen molar-refractivity contribution in [1.29, 1.82) is 0 Å². The molecular formula is C10H16N2O2. The lowest BCUT2D eigenvalue weighted by Gasteiger charge is -2.11. The predicted molar refractivity (Wildman–Crippen MR) is 55.3 cm³/mol. The van der Waals surface area contributed by atoms with Gasteiger partial charge in [0.1, 0.15) is 5.82 Å². The molecule has 0 aliphatic heterocycles. The molecular weight excluding hydrogens is 180 g/mol. The molecule has 78 valence electrons. The fraction of sp³-hybridized carbons (Fsp3) is 0.500. The summed E-state index contributed by atoms with van der Waals surface area (Å²) in [6.07, 6.45) is -0.498. The highest BCUT2D eigenvalue weighted by atomic mass is 16.5. The highest BCUT2D eigenvalue weighted by molar-refractivity contribution is 5.35. The SMILES string of the molecule is COCC(O)CNc1cccc(C)n1. The lowest BCUT2D eigenvalue weighted by atomic mass is 10.3. The molecule has 1 heterocycles. The van der Waals surface area contributed by atoms with Gasteiger partial charge in [0, 0.05) is 19.3 Å². The molecule has 0 aromatic carbocycles. The van der Waals surface area contributed by atoms with Crippen molar-refractivity contribution in [3.8, 4) is 0 Å². The minimum absolute atomic E-state index is 0.332. The molecule has 0 amide bonds. The van der Waals surface area contributed by atoms with Gasteiger partial charge in [0.25, 0.3) is 0 Å². The number of pyridine rings is 1. The first-order valence-electron chi connectivity index (χ1n) is 4.57. The van der Waals surface area contributed by atoms with Crippen molar-refractivity contribution in [1.82, 2.24) is 4.98 Å². The summed E-state index contributed by atoms with van der Waals surface area (Å²) in [6, 6.07) is 5.72. The van der Waals surface area contributed by atoms with Gasteiger partial charge in [0.2, 0.25) is 0 Å². The molecule has 1 atom stereocenters. The third-order valence-corrected chi connectivity index (χ3v) is 1.77. The fourth-order valence-corrected chi connectivity index (χ4v) is 1.12. The molecule has 2 N–H and O–H groups in total. The van der Waals surface area contributed by atoms with Gasteiger partial charge in [0.05, 0.1) is 12.7 Å². The number of hydrogen-bond acceptors (Lipinski definition) is 4. The Balaban J connectivity index is 2.37. The normalized spacial score (nSPS) is 12.5. The van der Waals surface area contributed by atoms with E-state index in [2.05, 4.69) is 10.3 Å². The Labute approximate surface area is 83.9 Å². The number of hydrogen-bond donors (Lipinski definition) is 2. The van der Waals surface area contributed by atoms with E-state index >= 15 is 0 Å². The molecule has 4 nitrogen and oxygen atoms in total. The van der Waals surface area contributed by atoms with Gasteiger partial charge in [0.15, 0.2) is 0 Å². The maximum atomic E-state index is 9.36. The largest absolute Gasteiger partial charge is 0.389 e. The van der Waals surface area contributed by atoms with Gasteiger partial charge in [-0.2, -0.15) is 0 Å². The van der Waals surface area contributed by atoms with Gasteiger partial charge in [-0.3, -0.25) is 0 Å². The Morgan fingerprint density at radius 3 is 3.00 bits per heavy atom. The summed E-state index contributed by atoms with van der Waals surface area (Å²) in [5.74, 6) is 0.778. The third-order valence-electron chi connectivity index (χ3n) is 1.77. The Kier molecular flexibility index (Phi) is 4.35. The summed E-state index contributed by atoms with van der Waals surface area (Å²) in [7, 11) is 1.56. The lowest BCUT2D eigenvalue weighted by molar-refractivity contribution is 0.0727. The molecule has 0 bridgehead atoms. The van der Waals surface area contributed by atoms with E-state index in [9.17, 15) is 5.11 Å². The number of rotatable bonds is 5. The zero-order valence-electron chi connectivity index (χ0n) is 8.53. The summed E-state index contributed by atoms with van der Waals surface area (Å²) in [6.45, 7) is 2.71. The van der Waals surface area contributed by atoms with Gasteiger partial charge >= 0.3 is 0 Å². The Bertz CT molecular complexity index is 279. The van der Waals surface area contributed by atoms with Crippen LogP contribution in [-0.4, -0.2) is 36.5 Å². The van der Waals surface area contributed by atoms with Crippen LogP contribution in [0.15, 0.2) is 18.2 Å². The van der Waals surface area contributed by atoms with Crippen molar-refractivity contribution in [2.75, 3.05) is 25.6 Å². The van der Waals surface area contributed by atoms with Crippen LogP contribution in [-0.2, 0) is 4.74 Å². The molecule has 0 aliphatic carbocycles. The van der Waals surface area contributed by atoms with Gasteiger partial charge in [-0.15, -0.1) is 0 Å². The minimum atomic E-state index is -0.498. The highest BCUT2D eigenvalue weighted by Crippen LogP contribution is 2.03. The monoisotopic (exact) mass is 196 g/mol. The van der Waals surface area contributed by atoms with E-state index in [-0.39, 0.29) is 0 Å². The molecule has 0 saturated carbocycles. The Morgan fingerprint density at radius 2 is 2.36 bits per heavy atom. The van der Waals surface area contributed by atoms with Crippen LogP contribution in [0.1, 0.15) is 5.69 Å². The highest BCUT2D eigenvalue weighted by Gasteiger charge is 2.02. The van der Waals surface area contributed by atoms with Crippen molar-refractivity contribution >= 4 is 5.82 Å². The number of aliphatic hydroxyl groups excluding tert-OH is 1. The van der Waals surface area contributed by atoms with Crippen molar-refractivity contribution in [2.24, 2.45) is 0 Å². The van der Waals surface area contributed by atoms with E-state index < -0.39 is 6.10 Å². The maximum Gasteiger partial charge on any atom is 0.126 e. The third kappa shape index (κ3) is 3.72. The van der Waals surface area contributed by atoms with E-state index in [0.29, 0.717) is 13.2 Å². The molecule has 4 heteroatoms. The van der Waals surface area contributed by atoms with Crippen molar-refractivity contribution in [2.45, 2.75) is 13.0 Å². The van der Waals surface area contributed by atoms with Gasteiger partial charge in [-0.05, 0) is 19.1 Å². The van der Waals surface area contributed by atoms with E-state index in [0.717, 1.165) is 11.5 Å². The second-order valence-corrected chi connectivity index (χ2v) is 3.15. The van der Waals surface area contributed by atoms with Crippen LogP contribution >= 0.6 is 0 Å². The molecule has 1 aromatic rings. The summed E-state index contributed by atoms with van der Waals surface area (Å²) < 4.78 is 4.81. The van der Waals surface area contributed by atoms with Crippen molar-refractivity contribution in [3.05, 3.63) is 23.9 Å². The zero-order valence-corrected chi connectivity index (χ0v) is 8.53. The van der Waals surface area contributed by atoms with Crippen LogP contribution in [0.2, 0.25) is 0 Å². The number of aromatic nitrogens is 1. The van der Waals surface area contributed by atoms with Crippen LogP contribution in [0, 0.1) is 6.92 Å². The van der Waals surface area contributed by atoms with Crippen molar-refractivity contribution < 1.29 is 9.84 Å². The second kappa shape index (κ2) is 5.57. The topological polar surface area (TPSA) is 54.4 Å². The molecule has 0 radical (unpaired) electrons. The molecule has 0 saturated heterocycles. The summed E-state index contributed by atoms with van der Waals surface area (Å²) in [5.41, 5.74) is 0.955. The standard InChI is InChI=1S/C10H16N2O2/c1-8-4-3-5-10(12-8)11-6-9(13)7-14-2/h3-5,9,13H,6-7H2,1-2H3,(H,11,12). The molecule has 1 aromatic heterocycles. The van der Waals surface area contributed by atoms with Gasteiger partial charge in [-0.25, -0.2) is 4.98 Å². The number of methoxy groups -OCH3 is 1. The summed E-state index contributed by atoms with van der Waals surface area (Å²) >= 11 is 0. The number of anilines is 1. The molecule has 1 rings (SSSR count). The average molecular weight is 196 g/mol. The van der Waals surface area contributed by atoms with Crippen LogP contribution in [0.25, 0.3) is 0 Å². The van der Waals surface area contributed by atoms with Crippen LogP contribution in [0.3, 0.4) is 0 Å². The van der Waals surface area contributed by atoms with Crippen LogP contribution < -0.4 is 5.32 Å². The number of ether oxygens (including phenoxy) is 1. The number of aryl methyl sites for hydroxylation is 1. The molecule has 0 spiro atoms. The Morgan fingerprint density at radius 1 is 1.57 bits per heavy atom.